The number of anilines is 1. The standard InChI is InChI=1S/C72H13N3/c1-75(2)9-5-3-8(4-6-9)65-10(7-73)70(74)72-68-61-55-45-37-27-19-15-12-11-13-17(19)25-33(27)47(55)53-43-35(25)29-21(13)22-14(11)18-20-16(12)24-23(15)31(37)41-42-32(24)38-28(20)34-26(18)36-30(22)40-39(29)49(43)57-58-50(40)44(36)54-48(34)56-46(38)52(42)64(63(68)51(41)45)69(72)62(56)60(54)67(58)71(65,72)66(57)59(53)61/h3-6,65H,74H2,1-2H3. The number of nitrogens with zero attached hydrogens (tertiary/aromatic N) is 2. The molecular weight excluding hydrogens is 907 g/mol. The first-order valence-electron chi connectivity index (χ1n) is 27.6. The fraction of sp³-hybridized carbons (Fsp3) is 0.0694. The molecule has 0 aromatic heterocycles. The number of benzene rings is 19. The Morgan fingerprint density at radius 2 is 0.520 bits per heavy atom. The Bertz CT molecular complexity index is 7550. The fourth-order valence-electron chi connectivity index (χ4n) is 26.4. The van der Waals surface area contributed by atoms with E-state index in [-0.39, 0.29) is 5.92 Å². The molecule has 1 unspecified atom stereocenters. The molecule has 2 spiro atoms. The second-order valence-corrected chi connectivity index (χ2v) is 27.2. The molecule has 3 nitrogen and oxygen atoms in total. The number of nitrogens with two attached hydrogens (primary N) is 1. The maximum Gasteiger partial charge on any atom is 0.0972 e. The van der Waals surface area contributed by atoms with E-state index in [1.165, 1.54) is 43.9 Å². The third-order valence-corrected chi connectivity index (χ3v) is 26.7. The van der Waals surface area contributed by atoms with E-state index in [2.05, 4.69) is 49.3 Å². The van der Waals surface area contributed by atoms with Crippen molar-refractivity contribution in [2.75, 3.05) is 19.0 Å². The number of hydrogen-bond donors (Lipinski definition) is 1. The molecule has 34 rings (SSSR count). The van der Waals surface area contributed by atoms with Crippen LogP contribution in [0.2, 0.25) is 0 Å². The third kappa shape index (κ3) is 1.55. The van der Waals surface area contributed by atoms with E-state index in [0.29, 0.717) is 0 Å². The van der Waals surface area contributed by atoms with Crippen molar-refractivity contribution in [3.05, 3.63) is 63.4 Å². The van der Waals surface area contributed by atoms with Gasteiger partial charge in [-0.15, -0.1) is 0 Å². The van der Waals surface area contributed by atoms with Gasteiger partial charge in [0.25, 0.3) is 0 Å². The number of hydrogen-bond acceptors (Lipinski definition) is 3. The highest BCUT2D eigenvalue weighted by Gasteiger charge is 2.76. The molecule has 0 aliphatic heterocycles. The van der Waals surface area contributed by atoms with Gasteiger partial charge in [0.1, 0.15) is 0 Å². The molecule has 5 aliphatic carbocycles. The maximum atomic E-state index is 12.4. The Balaban J connectivity index is 1.13. The summed E-state index contributed by atoms with van der Waals surface area (Å²) in [5.74, 6) is -0.283. The highest BCUT2D eigenvalue weighted by molar-refractivity contribution is 6.82. The van der Waals surface area contributed by atoms with Crippen LogP contribution in [0.1, 0.15) is 33.7 Å². The first kappa shape index (κ1) is 28.7. The van der Waals surface area contributed by atoms with Crippen molar-refractivity contribution < 1.29 is 0 Å². The van der Waals surface area contributed by atoms with Gasteiger partial charge in [0.2, 0.25) is 0 Å². The molecule has 29 aromatic rings. The minimum atomic E-state index is -0.783. The Labute approximate surface area is 410 Å². The van der Waals surface area contributed by atoms with Crippen LogP contribution in [-0.2, 0) is 10.8 Å². The van der Waals surface area contributed by atoms with Crippen LogP contribution in [0.25, 0.3) is 291 Å². The molecule has 29 aromatic carbocycles. The summed E-state index contributed by atoms with van der Waals surface area (Å²) in [6, 6.07) is 12.6. The smallest absolute Gasteiger partial charge is 0.0972 e. The van der Waals surface area contributed by atoms with Gasteiger partial charge in [-0.05, 0) is 331 Å². The summed E-state index contributed by atoms with van der Waals surface area (Å²) < 4.78 is 0. The van der Waals surface area contributed by atoms with Gasteiger partial charge < -0.3 is 10.6 Å². The minimum Gasteiger partial charge on any atom is -0.400 e. The molecule has 75 heavy (non-hydrogen) atoms. The van der Waals surface area contributed by atoms with Crippen molar-refractivity contribution in [3.63, 3.8) is 0 Å². The van der Waals surface area contributed by atoms with E-state index in [4.69, 9.17) is 5.73 Å². The zero-order valence-electron chi connectivity index (χ0n) is 38.9. The Hall–Kier alpha value is -9.49. The molecule has 0 bridgehead atoms. The summed E-state index contributed by atoms with van der Waals surface area (Å²) >= 11 is 0. The third-order valence-electron chi connectivity index (χ3n) is 26.7. The average Bonchev–Trinajstić information content (AvgIpc) is 4.18. The molecule has 0 amide bonds. The van der Waals surface area contributed by atoms with Crippen molar-refractivity contribution >= 4 is 297 Å². The topological polar surface area (TPSA) is 53.0 Å². The zero-order valence-corrected chi connectivity index (χ0v) is 38.9. The van der Waals surface area contributed by atoms with Crippen molar-refractivity contribution in [2.45, 2.75) is 16.7 Å². The SMILES string of the molecule is CN(C)c1ccc(C2C(C#N)=C(N)C34c5c6c7c8c9c%10c(c%11c%12c3c3c5c5c%13c6c6c7c7c9c9c%14c%10c%10c%11c%11c%12c%12c3c3c5c5c%13c%13c6c6c7c9c7c9c%14c%10c%10c%11c%11c%12c3c3c5c5c%13c6c7c6c9c%10c%11c3c56)C824)cc1. The van der Waals surface area contributed by atoms with Gasteiger partial charge in [-0.2, -0.15) is 5.26 Å². The predicted molar refractivity (Wildman–Crippen MR) is 314 cm³/mol. The normalized spacial score (nSPS) is 22.8. The van der Waals surface area contributed by atoms with Crippen molar-refractivity contribution in [1.29, 1.82) is 5.26 Å². The van der Waals surface area contributed by atoms with Crippen LogP contribution in [0.3, 0.4) is 0 Å². The zero-order chi connectivity index (χ0) is 45.5. The lowest BCUT2D eigenvalue weighted by Gasteiger charge is -2.53. The molecule has 0 saturated heterocycles. The second-order valence-electron chi connectivity index (χ2n) is 27.2. The van der Waals surface area contributed by atoms with Crippen molar-refractivity contribution in [2.24, 2.45) is 5.73 Å². The Morgan fingerprint density at radius 3 is 0.720 bits per heavy atom. The van der Waals surface area contributed by atoms with Gasteiger partial charge in [-0.1, -0.05) is 12.1 Å². The van der Waals surface area contributed by atoms with Crippen LogP contribution in [0.5, 0.6) is 0 Å². The fourth-order valence-corrected chi connectivity index (χ4v) is 26.4. The van der Waals surface area contributed by atoms with E-state index in [1.54, 1.807) is 280 Å². The summed E-state index contributed by atoms with van der Waals surface area (Å²) in [5.41, 5.74) is 17.3. The van der Waals surface area contributed by atoms with Gasteiger partial charge in [0.05, 0.1) is 22.5 Å². The van der Waals surface area contributed by atoms with Crippen LogP contribution >= 0.6 is 0 Å². The summed E-state index contributed by atoms with van der Waals surface area (Å²) in [4.78, 5) is 2.22. The van der Waals surface area contributed by atoms with Gasteiger partial charge in [-0.25, -0.2) is 0 Å². The van der Waals surface area contributed by atoms with E-state index in [1.807, 2.05) is 0 Å². The largest absolute Gasteiger partial charge is 0.400 e. The second kappa shape index (κ2) is 6.54. The predicted octanol–water partition coefficient (Wildman–Crippen LogP) is 17.9. The number of nitriles is 1. The van der Waals surface area contributed by atoms with Crippen molar-refractivity contribution in [3.8, 4) is 6.07 Å². The first-order valence-corrected chi connectivity index (χ1v) is 27.6. The quantitative estimate of drug-likeness (QED) is 0.176. The van der Waals surface area contributed by atoms with Crippen LogP contribution < -0.4 is 10.6 Å². The summed E-state index contributed by atoms with van der Waals surface area (Å²) in [7, 11) is 4.30. The lowest BCUT2D eigenvalue weighted by Crippen LogP contribution is -2.53. The maximum absolute atomic E-state index is 12.4. The molecule has 0 saturated carbocycles. The summed E-state index contributed by atoms with van der Waals surface area (Å²) in [5, 5.41) is 97.5. The van der Waals surface area contributed by atoms with Gasteiger partial charge in [-0.3, -0.25) is 0 Å². The molecular formula is C72H13N3. The highest BCUT2D eigenvalue weighted by Crippen LogP contribution is 2.88. The molecule has 1 atom stereocenters. The molecule has 0 radical (unpaired) electrons. The first-order chi connectivity index (χ1) is 37.1. The molecule has 316 valence electrons. The molecule has 5 aliphatic rings. The van der Waals surface area contributed by atoms with E-state index >= 15 is 0 Å². The lowest BCUT2D eigenvalue weighted by atomic mass is 9.46. The lowest BCUT2D eigenvalue weighted by molar-refractivity contribution is 0.367. The van der Waals surface area contributed by atoms with E-state index < -0.39 is 10.8 Å². The molecule has 0 heterocycles. The number of rotatable bonds is 2. The number of allylic oxidation sites excluding steroid dienone is 2. The Morgan fingerprint density at radius 1 is 0.320 bits per heavy atom. The average molecular weight is 920 g/mol. The van der Waals surface area contributed by atoms with Crippen LogP contribution in [0.4, 0.5) is 5.69 Å². The van der Waals surface area contributed by atoms with Gasteiger partial charge in [0, 0.05) is 31.4 Å². The van der Waals surface area contributed by atoms with E-state index in [9.17, 15) is 5.26 Å². The van der Waals surface area contributed by atoms with Gasteiger partial charge in [0.15, 0.2) is 0 Å². The van der Waals surface area contributed by atoms with Gasteiger partial charge >= 0.3 is 0 Å². The monoisotopic (exact) mass is 919 g/mol. The molecule has 0 fully saturated rings. The summed E-state index contributed by atoms with van der Waals surface area (Å²) in [6.45, 7) is 0. The molecule has 3 heteroatoms. The summed E-state index contributed by atoms with van der Waals surface area (Å²) in [6.07, 6.45) is 0. The van der Waals surface area contributed by atoms with E-state index in [0.717, 1.165) is 11.3 Å². The highest BCUT2D eigenvalue weighted by atomic mass is 15.1. The molecule has 2 N–H and O–H groups in total. The van der Waals surface area contributed by atoms with Crippen LogP contribution in [0, 0.1) is 11.3 Å². The van der Waals surface area contributed by atoms with Crippen LogP contribution in [0.15, 0.2) is 35.5 Å². The minimum absolute atomic E-state index is 0.283. The van der Waals surface area contributed by atoms with Crippen molar-refractivity contribution in [1.82, 2.24) is 0 Å². The van der Waals surface area contributed by atoms with Crippen LogP contribution in [-0.4, -0.2) is 14.1 Å². The Kier molecular flexibility index (Phi) is 2.50.